The minimum absolute atomic E-state index is 0.110. The zero-order valence-corrected chi connectivity index (χ0v) is 9.67. The monoisotopic (exact) mass is 263 g/mol. The van der Waals surface area contributed by atoms with Crippen LogP contribution in [0.3, 0.4) is 0 Å². The number of carbonyl (C=O) groups is 1. The molecule has 15 heavy (non-hydrogen) atoms. The summed E-state index contributed by atoms with van der Waals surface area (Å²) in [6.07, 6.45) is 2.60. The number of rotatable bonds is 3. The van der Waals surface area contributed by atoms with Crippen molar-refractivity contribution in [1.29, 1.82) is 0 Å². The van der Waals surface area contributed by atoms with Crippen LogP contribution in [0.4, 0.5) is 0 Å². The molecule has 0 spiro atoms. The van der Waals surface area contributed by atoms with Gasteiger partial charge in [-0.05, 0) is 0 Å². The third-order valence-electron chi connectivity index (χ3n) is 1.89. The van der Waals surface area contributed by atoms with Crippen LogP contribution >= 0.6 is 0 Å². The fourth-order valence-corrected chi connectivity index (χ4v) is 2.99. The molecule has 0 fully saturated rings. The number of nitrogens with zero attached hydrogens (tertiary/aromatic N) is 1. The predicted molar refractivity (Wildman–Crippen MR) is 61.1 cm³/mol. The SMILES string of the molecule is O=Cc1cccnc1[Se]c1ccccc1. The molecular formula is C12H9NOSe. The summed E-state index contributed by atoms with van der Waals surface area (Å²) in [7, 11) is 0. The molecule has 0 atom stereocenters. The third kappa shape index (κ3) is 2.52. The first-order chi connectivity index (χ1) is 7.40. The Morgan fingerprint density at radius 2 is 1.87 bits per heavy atom. The van der Waals surface area contributed by atoms with Crippen molar-refractivity contribution in [3.8, 4) is 0 Å². The molecule has 1 aromatic heterocycles. The molecule has 0 radical (unpaired) electrons. The summed E-state index contributed by atoms with van der Waals surface area (Å²) in [6.45, 7) is 0. The zero-order valence-electron chi connectivity index (χ0n) is 7.96. The molecule has 0 N–H and O–H groups in total. The van der Waals surface area contributed by atoms with Crippen LogP contribution in [0.5, 0.6) is 0 Å². The fourth-order valence-electron chi connectivity index (χ4n) is 1.18. The molecule has 0 unspecified atom stereocenters. The van der Waals surface area contributed by atoms with E-state index in [2.05, 4.69) is 17.1 Å². The number of hydrogen-bond donors (Lipinski definition) is 0. The Balaban J connectivity index is 2.28. The number of aldehydes is 1. The van der Waals surface area contributed by atoms with E-state index in [0.717, 1.165) is 10.9 Å². The first kappa shape index (κ1) is 10.1. The average molecular weight is 262 g/mol. The van der Waals surface area contributed by atoms with Gasteiger partial charge >= 0.3 is 94.3 Å². The van der Waals surface area contributed by atoms with Crippen molar-refractivity contribution in [3.63, 3.8) is 0 Å². The van der Waals surface area contributed by atoms with Gasteiger partial charge in [-0.1, -0.05) is 0 Å². The maximum absolute atomic E-state index is 10.8. The van der Waals surface area contributed by atoms with Crippen LogP contribution in [0.1, 0.15) is 10.4 Å². The van der Waals surface area contributed by atoms with Gasteiger partial charge in [-0.2, -0.15) is 0 Å². The molecule has 2 rings (SSSR count). The molecule has 0 aliphatic heterocycles. The molecule has 1 aromatic carbocycles. The molecule has 0 saturated heterocycles. The topological polar surface area (TPSA) is 30.0 Å². The van der Waals surface area contributed by atoms with Crippen LogP contribution in [-0.4, -0.2) is 26.2 Å². The van der Waals surface area contributed by atoms with Crippen molar-refractivity contribution in [2.24, 2.45) is 0 Å². The van der Waals surface area contributed by atoms with E-state index in [1.807, 2.05) is 18.2 Å². The van der Waals surface area contributed by atoms with Gasteiger partial charge in [-0.25, -0.2) is 0 Å². The summed E-state index contributed by atoms with van der Waals surface area (Å²) in [5.41, 5.74) is 0.696. The van der Waals surface area contributed by atoms with E-state index < -0.39 is 0 Å². The Bertz CT molecular complexity index is 456. The van der Waals surface area contributed by atoms with E-state index >= 15 is 0 Å². The Kier molecular flexibility index (Phi) is 3.28. The molecule has 0 aliphatic rings. The molecule has 2 nitrogen and oxygen atoms in total. The summed E-state index contributed by atoms with van der Waals surface area (Å²) < 4.78 is 2.12. The molecule has 74 valence electrons. The molecule has 3 heteroatoms. The van der Waals surface area contributed by atoms with Crippen LogP contribution in [0.15, 0.2) is 48.7 Å². The molecule has 0 bridgehead atoms. The van der Waals surface area contributed by atoms with Gasteiger partial charge < -0.3 is 0 Å². The van der Waals surface area contributed by atoms with Gasteiger partial charge in [0.1, 0.15) is 0 Å². The Hall–Kier alpha value is -1.44. The van der Waals surface area contributed by atoms with Crippen LogP contribution in [0, 0.1) is 0 Å². The van der Waals surface area contributed by atoms with Gasteiger partial charge in [0, 0.05) is 0 Å². The van der Waals surface area contributed by atoms with Gasteiger partial charge in [-0.3, -0.25) is 0 Å². The predicted octanol–water partition coefficient (Wildman–Crippen LogP) is 0.549. The van der Waals surface area contributed by atoms with Crippen LogP contribution < -0.4 is 9.05 Å². The van der Waals surface area contributed by atoms with E-state index in [0.29, 0.717) is 5.56 Å². The van der Waals surface area contributed by atoms with Crippen molar-refractivity contribution in [1.82, 2.24) is 4.98 Å². The van der Waals surface area contributed by atoms with Crippen LogP contribution in [0.25, 0.3) is 0 Å². The number of pyridine rings is 1. The van der Waals surface area contributed by atoms with Gasteiger partial charge in [-0.15, -0.1) is 0 Å². The Labute approximate surface area is 94.5 Å². The summed E-state index contributed by atoms with van der Waals surface area (Å²) in [5, 5.41) is 0. The van der Waals surface area contributed by atoms with Crippen molar-refractivity contribution in [3.05, 3.63) is 54.2 Å². The van der Waals surface area contributed by atoms with Gasteiger partial charge in [0.25, 0.3) is 0 Å². The second-order valence-electron chi connectivity index (χ2n) is 2.93. The normalized spacial score (nSPS) is 9.87. The number of benzene rings is 1. The fraction of sp³-hybridized carbons (Fsp3) is 0. The second-order valence-corrected chi connectivity index (χ2v) is 5.16. The quantitative estimate of drug-likeness (QED) is 0.597. The summed E-state index contributed by atoms with van der Waals surface area (Å²) in [5.74, 6) is 0. The van der Waals surface area contributed by atoms with Crippen LogP contribution in [-0.2, 0) is 0 Å². The molecule has 0 amide bonds. The molecular weight excluding hydrogens is 253 g/mol. The minimum atomic E-state index is 0.110. The van der Waals surface area contributed by atoms with E-state index in [9.17, 15) is 4.79 Å². The molecule has 0 saturated carbocycles. The maximum atomic E-state index is 10.8. The summed E-state index contributed by atoms with van der Waals surface area (Å²) in [6, 6.07) is 13.7. The number of hydrogen-bond acceptors (Lipinski definition) is 2. The second kappa shape index (κ2) is 4.87. The van der Waals surface area contributed by atoms with E-state index in [1.165, 1.54) is 4.46 Å². The molecule has 2 aromatic rings. The Morgan fingerprint density at radius 3 is 2.60 bits per heavy atom. The number of aromatic nitrogens is 1. The Morgan fingerprint density at radius 1 is 1.07 bits per heavy atom. The average Bonchev–Trinajstić information content (AvgIpc) is 2.31. The van der Waals surface area contributed by atoms with Gasteiger partial charge in [0.05, 0.1) is 0 Å². The summed E-state index contributed by atoms with van der Waals surface area (Å²) in [4.78, 5) is 15.0. The van der Waals surface area contributed by atoms with Crippen molar-refractivity contribution in [2.45, 2.75) is 0 Å². The van der Waals surface area contributed by atoms with Crippen LogP contribution in [0.2, 0.25) is 0 Å². The summed E-state index contributed by atoms with van der Waals surface area (Å²) >= 11 is 0.110. The van der Waals surface area contributed by atoms with Gasteiger partial charge in [0.15, 0.2) is 0 Å². The zero-order chi connectivity index (χ0) is 10.5. The van der Waals surface area contributed by atoms with E-state index in [1.54, 1.807) is 18.3 Å². The van der Waals surface area contributed by atoms with Crippen molar-refractivity contribution < 1.29 is 4.79 Å². The first-order valence-corrected chi connectivity index (χ1v) is 6.24. The van der Waals surface area contributed by atoms with E-state index in [4.69, 9.17) is 0 Å². The molecule has 0 aliphatic carbocycles. The standard InChI is InChI=1S/C12H9NOSe/c14-9-10-5-4-8-13-12(10)15-11-6-2-1-3-7-11/h1-9H. The first-order valence-electron chi connectivity index (χ1n) is 4.53. The van der Waals surface area contributed by atoms with E-state index in [-0.39, 0.29) is 15.0 Å². The third-order valence-corrected chi connectivity index (χ3v) is 4.07. The molecule has 1 heterocycles. The number of carbonyl (C=O) groups excluding carboxylic acids is 1. The van der Waals surface area contributed by atoms with Crippen molar-refractivity contribution >= 4 is 30.3 Å². The van der Waals surface area contributed by atoms with Gasteiger partial charge in [0.2, 0.25) is 0 Å². The van der Waals surface area contributed by atoms with Crippen molar-refractivity contribution in [2.75, 3.05) is 0 Å².